The first-order chi connectivity index (χ1) is 11.3. The maximum Gasteiger partial charge on any atom is 0.0956 e. The molecule has 0 amide bonds. The molecule has 3 atom stereocenters. The molecule has 3 heterocycles. The van der Waals surface area contributed by atoms with E-state index in [4.69, 9.17) is 0 Å². The Kier molecular flexibility index (Phi) is 2.67. The Labute approximate surface area is 133 Å². The highest BCUT2D eigenvalue weighted by Crippen LogP contribution is 2.49. The number of aryl methyl sites for hydroxylation is 1. The third-order valence-electron chi connectivity index (χ3n) is 5.25. The van der Waals surface area contributed by atoms with Gasteiger partial charge in [-0.15, -0.1) is 0 Å². The van der Waals surface area contributed by atoms with Gasteiger partial charge in [0.1, 0.15) is 0 Å². The third-order valence-corrected chi connectivity index (χ3v) is 5.25. The van der Waals surface area contributed by atoms with Crippen molar-refractivity contribution in [2.75, 3.05) is 0 Å². The second-order valence-electron chi connectivity index (χ2n) is 6.34. The van der Waals surface area contributed by atoms with Gasteiger partial charge >= 0.3 is 0 Å². The fourth-order valence-corrected chi connectivity index (χ4v) is 4.18. The molecule has 5 rings (SSSR count). The van der Waals surface area contributed by atoms with Gasteiger partial charge in [-0.2, -0.15) is 10.2 Å². The minimum Gasteiger partial charge on any atom is -0.388 e. The normalized spacial score (nSPS) is 24.8. The summed E-state index contributed by atoms with van der Waals surface area (Å²) in [4.78, 5) is 4.32. The zero-order valence-electron chi connectivity index (χ0n) is 12.5. The number of aromatic nitrogens is 4. The van der Waals surface area contributed by atoms with Gasteiger partial charge in [0, 0.05) is 17.0 Å². The lowest BCUT2D eigenvalue weighted by Gasteiger charge is -2.34. The summed E-state index contributed by atoms with van der Waals surface area (Å²) in [6.07, 6.45) is 8.61. The van der Waals surface area contributed by atoms with E-state index in [1.54, 1.807) is 12.4 Å². The van der Waals surface area contributed by atoms with Crippen molar-refractivity contribution < 1.29 is 5.11 Å². The molecule has 23 heavy (non-hydrogen) atoms. The second kappa shape index (κ2) is 4.73. The van der Waals surface area contributed by atoms with E-state index in [1.807, 2.05) is 12.5 Å². The predicted octanol–water partition coefficient (Wildman–Crippen LogP) is 2.54. The molecule has 3 aromatic rings. The summed E-state index contributed by atoms with van der Waals surface area (Å²) in [7, 11) is 0. The lowest BCUT2D eigenvalue weighted by molar-refractivity contribution is 0.0714. The molecule has 0 spiro atoms. The third kappa shape index (κ3) is 1.74. The van der Waals surface area contributed by atoms with E-state index < -0.39 is 6.10 Å². The zero-order valence-corrected chi connectivity index (χ0v) is 12.5. The molecule has 0 radical (unpaired) electrons. The number of nitrogens with zero attached hydrogens (tertiary/aromatic N) is 4. The van der Waals surface area contributed by atoms with Crippen molar-refractivity contribution in [2.24, 2.45) is 5.92 Å². The highest BCUT2D eigenvalue weighted by molar-refractivity contribution is 5.69. The Morgan fingerprint density at radius 1 is 1.04 bits per heavy atom. The van der Waals surface area contributed by atoms with Crippen LogP contribution in [0.4, 0.5) is 0 Å². The van der Waals surface area contributed by atoms with E-state index >= 15 is 0 Å². The largest absolute Gasteiger partial charge is 0.388 e. The van der Waals surface area contributed by atoms with Gasteiger partial charge in [0.25, 0.3) is 0 Å². The maximum atomic E-state index is 11.0. The molecule has 1 aliphatic heterocycles. The van der Waals surface area contributed by atoms with Crippen LogP contribution < -0.4 is 0 Å². The van der Waals surface area contributed by atoms with Gasteiger partial charge in [0.15, 0.2) is 0 Å². The number of benzene rings is 1. The van der Waals surface area contributed by atoms with E-state index in [0.717, 1.165) is 29.7 Å². The van der Waals surface area contributed by atoms with E-state index in [1.165, 1.54) is 11.1 Å². The highest BCUT2D eigenvalue weighted by Gasteiger charge is 2.40. The first-order valence-electron chi connectivity index (χ1n) is 7.93. The number of aliphatic hydroxyl groups is 1. The van der Waals surface area contributed by atoms with Crippen LogP contribution in [-0.2, 0) is 6.42 Å². The SMILES string of the molecule is O[C@@H]1c2cnncc2CC[C@H]1[C@H]1c2ccccc2-c2cncn21. The molecule has 5 heteroatoms. The number of imidazole rings is 1. The zero-order chi connectivity index (χ0) is 15.4. The molecule has 1 aromatic carbocycles. The van der Waals surface area contributed by atoms with Crippen LogP contribution >= 0.6 is 0 Å². The van der Waals surface area contributed by atoms with E-state index in [0.29, 0.717) is 0 Å². The smallest absolute Gasteiger partial charge is 0.0956 e. The molecule has 2 aliphatic rings. The molecule has 2 aromatic heterocycles. The summed E-state index contributed by atoms with van der Waals surface area (Å²) < 4.78 is 2.21. The number of hydrogen-bond acceptors (Lipinski definition) is 4. The van der Waals surface area contributed by atoms with E-state index in [9.17, 15) is 5.11 Å². The van der Waals surface area contributed by atoms with Crippen molar-refractivity contribution in [3.63, 3.8) is 0 Å². The van der Waals surface area contributed by atoms with Crippen LogP contribution in [0.25, 0.3) is 11.3 Å². The molecule has 0 saturated heterocycles. The van der Waals surface area contributed by atoms with Crippen LogP contribution in [0.1, 0.15) is 35.3 Å². The van der Waals surface area contributed by atoms with Crippen molar-refractivity contribution in [3.05, 3.63) is 65.9 Å². The average molecular weight is 304 g/mol. The van der Waals surface area contributed by atoms with Crippen molar-refractivity contribution in [2.45, 2.75) is 25.0 Å². The van der Waals surface area contributed by atoms with Crippen LogP contribution in [0.3, 0.4) is 0 Å². The first-order valence-corrected chi connectivity index (χ1v) is 7.93. The van der Waals surface area contributed by atoms with E-state index in [2.05, 4.69) is 44.0 Å². The molecular formula is C18H16N4O. The topological polar surface area (TPSA) is 63.8 Å². The van der Waals surface area contributed by atoms with Crippen molar-refractivity contribution in [1.82, 2.24) is 19.7 Å². The van der Waals surface area contributed by atoms with Gasteiger partial charge in [0.05, 0.1) is 42.8 Å². The highest BCUT2D eigenvalue weighted by atomic mass is 16.3. The fraction of sp³-hybridized carbons (Fsp3) is 0.278. The van der Waals surface area contributed by atoms with E-state index in [-0.39, 0.29) is 12.0 Å². The predicted molar refractivity (Wildman–Crippen MR) is 84.6 cm³/mol. The van der Waals surface area contributed by atoms with Gasteiger partial charge in [-0.05, 0) is 24.0 Å². The Morgan fingerprint density at radius 2 is 1.91 bits per heavy atom. The summed E-state index contributed by atoms with van der Waals surface area (Å²) in [5.41, 5.74) is 5.67. The Hall–Kier alpha value is -2.53. The summed E-state index contributed by atoms with van der Waals surface area (Å²) in [5, 5.41) is 18.9. The number of fused-ring (bicyclic) bond motifs is 4. The molecule has 1 aliphatic carbocycles. The lowest BCUT2D eigenvalue weighted by atomic mass is 9.77. The number of hydrogen-bond donors (Lipinski definition) is 1. The first kappa shape index (κ1) is 13.0. The summed E-state index contributed by atoms with van der Waals surface area (Å²) in [6.45, 7) is 0. The quantitative estimate of drug-likeness (QED) is 0.750. The number of aliphatic hydroxyl groups excluding tert-OH is 1. The monoisotopic (exact) mass is 304 g/mol. The van der Waals surface area contributed by atoms with Gasteiger partial charge in [-0.25, -0.2) is 4.98 Å². The van der Waals surface area contributed by atoms with Crippen molar-refractivity contribution >= 4 is 0 Å². The van der Waals surface area contributed by atoms with Gasteiger partial charge in [0.2, 0.25) is 0 Å². The molecule has 1 N–H and O–H groups in total. The summed E-state index contributed by atoms with van der Waals surface area (Å²) >= 11 is 0. The molecule has 0 fully saturated rings. The van der Waals surface area contributed by atoms with Crippen LogP contribution in [0.15, 0.2) is 49.2 Å². The minimum absolute atomic E-state index is 0.114. The lowest BCUT2D eigenvalue weighted by Crippen LogP contribution is -2.28. The van der Waals surface area contributed by atoms with Crippen molar-refractivity contribution in [3.8, 4) is 11.3 Å². The summed E-state index contributed by atoms with van der Waals surface area (Å²) in [5.74, 6) is 0.114. The minimum atomic E-state index is -0.527. The Morgan fingerprint density at radius 3 is 2.87 bits per heavy atom. The molecular weight excluding hydrogens is 288 g/mol. The van der Waals surface area contributed by atoms with Crippen LogP contribution in [0, 0.1) is 5.92 Å². The standard InChI is InChI=1S/C18H16N4O/c23-18-14(6-5-11-7-20-21-8-15(11)18)17-13-4-2-1-3-12(13)16-9-19-10-22(16)17/h1-4,7-10,14,17-18,23H,5-6H2/t14-,17+,18-/m0/s1. The number of rotatable bonds is 1. The molecule has 0 saturated carbocycles. The second-order valence-corrected chi connectivity index (χ2v) is 6.34. The van der Waals surface area contributed by atoms with Crippen LogP contribution in [0.2, 0.25) is 0 Å². The van der Waals surface area contributed by atoms with Crippen LogP contribution in [-0.4, -0.2) is 24.9 Å². The van der Waals surface area contributed by atoms with Gasteiger partial charge in [-0.1, -0.05) is 24.3 Å². The van der Waals surface area contributed by atoms with Crippen LogP contribution in [0.5, 0.6) is 0 Å². The summed E-state index contributed by atoms with van der Waals surface area (Å²) in [6, 6.07) is 8.55. The molecule has 0 unspecified atom stereocenters. The Balaban J connectivity index is 1.64. The maximum absolute atomic E-state index is 11.0. The molecule has 5 nitrogen and oxygen atoms in total. The van der Waals surface area contributed by atoms with Gasteiger partial charge < -0.3 is 9.67 Å². The van der Waals surface area contributed by atoms with Gasteiger partial charge in [-0.3, -0.25) is 0 Å². The average Bonchev–Trinajstić information content (AvgIpc) is 3.17. The Bertz CT molecular complexity index is 888. The molecule has 0 bridgehead atoms. The molecule has 114 valence electrons. The van der Waals surface area contributed by atoms with Crippen molar-refractivity contribution in [1.29, 1.82) is 0 Å². The fourth-order valence-electron chi connectivity index (χ4n) is 4.18.